The molecule has 0 bridgehead atoms. The molecule has 2 heterocycles. The summed E-state index contributed by atoms with van der Waals surface area (Å²) in [6, 6.07) is 12.8. The highest BCUT2D eigenvalue weighted by molar-refractivity contribution is 6.36. The SMILES string of the molecule is Clc1ccc(-c2cccc3c2[C@@H]2CCNCC[C@H]2N3)c(Cl)c1.O=C(O)C=CC(=O)O. The zero-order chi connectivity index (χ0) is 21.7. The highest BCUT2D eigenvalue weighted by Gasteiger charge is 2.34. The number of benzene rings is 2. The van der Waals surface area contributed by atoms with Crippen molar-refractivity contribution < 1.29 is 19.8 Å². The third kappa shape index (κ3) is 5.33. The minimum atomic E-state index is -1.26. The molecule has 0 radical (unpaired) electrons. The van der Waals surface area contributed by atoms with Crippen molar-refractivity contribution in [3.63, 3.8) is 0 Å². The van der Waals surface area contributed by atoms with Crippen molar-refractivity contribution in [3.8, 4) is 11.1 Å². The monoisotopic (exact) mass is 448 g/mol. The van der Waals surface area contributed by atoms with E-state index in [4.69, 9.17) is 33.4 Å². The maximum Gasteiger partial charge on any atom is 0.328 e. The van der Waals surface area contributed by atoms with Crippen LogP contribution in [0.25, 0.3) is 11.1 Å². The molecule has 2 aromatic carbocycles. The van der Waals surface area contributed by atoms with E-state index in [-0.39, 0.29) is 0 Å². The molecule has 1 fully saturated rings. The van der Waals surface area contributed by atoms with Gasteiger partial charge in [0, 0.05) is 45.4 Å². The van der Waals surface area contributed by atoms with Crippen molar-refractivity contribution in [1.82, 2.24) is 5.32 Å². The number of fused-ring (bicyclic) bond motifs is 3. The highest BCUT2D eigenvalue weighted by Crippen LogP contribution is 2.46. The van der Waals surface area contributed by atoms with Gasteiger partial charge in [-0.05, 0) is 55.3 Å². The first-order valence-corrected chi connectivity index (χ1v) is 10.3. The quantitative estimate of drug-likeness (QED) is 0.510. The van der Waals surface area contributed by atoms with Gasteiger partial charge in [0.15, 0.2) is 0 Å². The second kappa shape index (κ2) is 9.98. The molecule has 4 rings (SSSR count). The lowest BCUT2D eigenvalue weighted by molar-refractivity contribution is -0.134. The standard InChI is InChI=1S/C18H18Cl2N2.C4H4O4/c19-11-4-5-12(15(20)10-11)13-2-1-3-17-18(13)14-6-8-21-9-7-16(14)22-17;5-3(6)1-2-4(7)8/h1-5,10,14,16,21-22H,6-9H2;1-2H,(H,5,6)(H,7,8)/t14-,16-;/m1./s1. The second-order valence-electron chi connectivity index (χ2n) is 7.09. The molecule has 0 aliphatic carbocycles. The van der Waals surface area contributed by atoms with Gasteiger partial charge in [0.1, 0.15) is 0 Å². The fraction of sp³-hybridized carbons (Fsp3) is 0.273. The highest BCUT2D eigenvalue weighted by atomic mass is 35.5. The van der Waals surface area contributed by atoms with Gasteiger partial charge in [-0.2, -0.15) is 0 Å². The number of carbonyl (C=O) groups is 2. The van der Waals surface area contributed by atoms with E-state index >= 15 is 0 Å². The van der Waals surface area contributed by atoms with Crippen molar-refractivity contribution in [2.45, 2.75) is 24.8 Å². The molecule has 30 heavy (non-hydrogen) atoms. The number of aliphatic carboxylic acids is 2. The summed E-state index contributed by atoms with van der Waals surface area (Å²) < 4.78 is 0. The zero-order valence-corrected chi connectivity index (χ0v) is 17.6. The van der Waals surface area contributed by atoms with E-state index < -0.39 is 11.9 Å². The lowest BCUT2D eigenvalue weighted by Gasteiger charge is -2.18. The Kier molecular flexibility index (Phi) is 7.37. The smallest absolute Gasteiger partial charge is 0.328 e. The molecule has 158 valence electrons. The van der Waals surface area contributed by atoms with E-state index in [2.05, 4.69) is 28.8 Å². The predicted molar refractivity (Wildman–Crippen MR) is 119 cm³/mol. The van der Waals surface area contributed by atoms with Gasteiger partial charge in [-0.1, -0.05) is 41.4 Å². The molecule has 8 heteroatoms. The molecule has 2 aliphatic heterocycles. The van der Waals surface area contributed by atoms with Gasteiger partial charge in [0.25, 0.3) is 0 Å². The van der Waals surface area contributed by atoms with Crippen molar-refractivity contribution in [3.05, 3.63) is 64.2 Å². The van der Waals surface area contributed by atoms with Crippen LogP contribution >= 0.6 is 23.2 Å². The summed E-state index contributed by atoms with van der Waals surface area (Å²) in [6.07, 6.45) is 3.44. The summed E-state index contributed by atoms with van der Waals surface area (Å²) in [7, 11) is 0. The average molecular weight is 449 g/mol. The van der Waals surface area contributed by atoms with Crippen LogP contribution in [0, 0.1) is 0 Å². The van der Waals surface area contributed by atoms with E-state index in [1.165, 1.54) is 16.8 Å². The Morgan fingerprint density at radius 3 is 2.33 bits per heavy atom. The molecule has 2 aromatic rings. The van der Waals surface area contributed by atoms with E-state index in [1.807, 2.05) is 18.2 Å². The largest absolute Gasteiger partial charge is 0.478 e. The maximum absolute atomic E-state index is 9.55. The second-order valence-corrected chi connectivity index (χ2v) is 7.93. The number of hydrogen-bond donors (Lipinski definition) is 4. The van der Waals surface area contributed by atoms with Gasteiger partial charge >= 0.3 is 11.9 Å². The fourth-order valence-corrected chi connectivity index (χ4v) is 4.45. The Morgan fingerprint density at radius 1 is 0.967 bits per heavy atom. The molecule has 0 unspecified atom stereocenters. The molecule has 2 atom stereocenters. The number of hydrogen-bond acceptors (Lipinski definition) is 4. The summed E-state index contributed by atoms with van der Waals surface area (Å²) in [6.45, 7) is 2.16. The number of carboxylic acid groups (broad SMARTS) is 2. The zero-order valence-electron chi connectivity index (χ0n) is 16.1. The lowest BCUT2D eigenvalue weighted by Crippen LogP contribution is -2.21. The van der Waals surface area contributed by atoms with Crippen LogP contribution in [-0.4, -0.2) is 41.3 Å². The van der Waals surface area contributed by atoms with Crippen LogP contribution in [0.15, 0.2) is 48.6 Å². The van der Waals surface area contributed by atoms with E-state index in [1.54, 1.807) is 0 Å². The summed E-state index contributed by atoms with van der Waals surface area (Å²) in [5, 5.41) is 24.2. The van der Waals surface area contributed by atoms with Crippen LogP contribution in [0.5, 0.6) is 0 Å². The van der Waals surface area contributed by atoms with E-state index in [9.17, 15) is 9.59 Å². The first kappa shape index (κ1) is 22.2. The molecular formula is C22H22Cl2N2O4. The summed E-state index contributed by atoms with van der Waals surface area (Å²) >= 11 is 12.5. The Hall–Kier alpha value is -2.54. The van der Waals surface area contributed by atoms with Gasteiger partial charge in [-0.15, -0.1) is 0 Å². The topological polar surface area (TPSA) is 98.7 Å². The van der Waals surface area contributed by atoms with Crippen molar-refractivity contribution in [1.29, 1.82) is 0 Å². The Morgan fingerprint density at radius 2 is 1.67 bits per heavy atom. The molecule has 0 saturated carbocycles. The van der Waals surface area contributed by atoms with Crippen LogP contribution in [0.4, 0.5) is 5.69 Å². The molecule has 2 aliphatic rings. The molecule has 1 saturated heterocycles. The summed E-state index contributed by atoms with van der Waals surface area (Å²) in [4.78, 5) is 19.1. The number of rotatable bonds is 3. The first-order valence-electron chi connectivity index (χ1n) is 9.56. The predicted octanol–water partition coefficient (Wildman–Crippen LogP) is 4.63. The van der Waals surface area contributed by atoms with Crippen LogP contribution in [-0.2, 0) is 9.59 Å². The van der Waals surface area contributed by atoms with Gasteiger partial charge in [-0.3, -0.25) is 0 Å². The van der Waals surface area contributed by atoms with Crippen LogP contribution in [0.2, 0.25) is 10.0 Å². The fourth-order valence-electron chi connectivity index (χ4n) is 3.94. The van der Waals surface area contributed by atoms with Crippen LogP contribution in [0.3, 0.4) is 0 Å². The molecule has 0 aromatic heterocycles. The van der Waals surface area contributed by atoms with E-state index in [0.29, 0.717) is 29.1 Å². The van der Waals surface area contributed by atoms with Gasteiger partial charge in [0.2, 0.25) is 0 Å². The van der Waals surface area contributed by atoms with Crippen molar-refractivity contribution in [2.75, 3.05) is 18.4 Å². The number of anilines is 1. The Bertz CT molecular complexity index is 962. The minimum absolute atomic E-state index is 0.525. The van der Waals surface area contributed by atoms with Gasteiger partial charge in [-0.25, -0.2) is 9.59 Å². The summed E-state index contributed by atoms with van der Waals surface area (Å²) in [5.74, 6) is -1.97. The third-order valence-corrected chi connectivity index (χ3v) is 5.71. The molecule has 0 amide bonds. The van der Waals surface area contributed by atoms with Crippen molar-refractivity contribution in [2.24, 2.45) is 0 Å². The number of carboxylic acids is 2. The van der Waals surface area contributed by atoms with Crippen molar-refractivity contribution >= 4 is 40.8 Å². The van der Waals surface area contributed by atoms with Gasteiger partial charge < -0.3 is 20.8 Å². The average Bonchev–Trinajstić information content (AvgIpc) is 2.89. The normalized spacial score (nSPS) is 19.7. The summed E-state index contributed by atoms with van der Waals surface area (Å²) in [5.41, 5.74) is 4.99. The first-order chi connectivity index (χ1) is 14.4. The maximum atomic E-state index is 9.55. The molecule has 0 spiro atoms. The lowest BCUT2D eigenvalue weighted by atomic mass is 9.86. The van der Waals surface area contributed by atoms with E-state index in [0.717, 1.165) is 36.5 Å². The third-order valence-electron chi connectivity index (χ3n) is 5.16. The number of halogens is 2. The molecule has 6 nitrogen and oxygen atoms in total. The van der Waals surface area contributed by atoms with Crippen LogP contribution < -0.4 is 10.6 Å². The Balaban J connectivity index is 0.000000275. The number of nitrogens with one attached hydrogen (secondary N) is 2. The molecule has 4 N–H and O–H groups in total. The molecular weight excluding hydrogens is 427 g/mol. The van der Waals surface area contributed by atoms with Crippen LogP contribution in [0.1, 0.15) is 24.3 Å². The Labute approximate surface area is 184 Å². The van der Waals surface area contributed by atoms with Gasteiger partial charge in [0.05, 0.1) is 0 Å². The minimum Gasteiger partial charge on any atom is -0.478 e.